The Morgan fingerprint density at radius 2 is 2.12 bits per heavy atom. The van der Waals surface area contributed by atoms with Crippen molar-refractivity contribution in [3.63, 3.8) is 0 Å². The molecule has 0 radical (unpaired) electrons. The van der Waals surface area contributed by atoms with Gasteiger partial charge >= 0.3 is 5.97 Å². The summed E-state index contributed by atoms with van der Waals surface area (Å²) in [7, 11) is 0. The van der Waals surface area contributed by atoms with E-state index in [1.165, 1.54) is 28.0 Å². The van der Waals surface area contributed by atoms with Crippen molar-refractivity contribution in [3.8, 4) is 11.4 Å². The Bertz CT molecular complexity index is 1090. The van der Waals surface area contributed by atoms with Gasteiger partial charge in [-0.15, -0.1) is 39.4 Å². The van der Waals surface area contributed by atoms with Gasteiger partial charge in [-0.2, -0.15) is 0 Å². The van der Waals surface area contributed by atoms with Crippen LogP contribution in [0.5, 0.6) is 0 Å². The maximum atomic E-state index is 12.4. The zero-order valence-corrected chi connectivity index (χ0v) is 20.6. The average Bonchev–Trinajstić information content (AvgIpc) is 3.47. The number of carbonyl (C=O) groups excluding carboxylic acids is 2. The molecule has 1 amide bonds. The van der Waals surface area contributed by atoms with E-state index < -0.39 is 0 Å². The van der Waals surface area contributed by atoms with Crippen molar-refractivity contribution < 1.29 is 14.3 Å². The van der Waals surface area contributed by atoms with Crippen LogP contribution in [0.3, 0.4) is 0 Å². The molecule has 8 nitrogen and oxygen atoms in total. The zero-order valence-electron chi connectivity index (χ0n) is 18.2. The summed E-state index contributed by atoms with van der Waals surface area (Å²) in [6.07, 6.45) is 1.87. The van der Waals surface area contributed by atoms with Crippen LogP contribution in [-0.4, -0.2) is 44.0 Å². The highest BCUT2D eigenvalue weighted by atomic mass is 32.2. The SMILES string of the molecule is C=CCn1c(SCC(=O)Nc2nc(CC(=O)OCC)cs2)nnc1-c1csc(C(C)C)c1. The number of thioether (sulfide) groups is 1. The number of aromatic nitrogens is 4. The van der Waals surface area contributed by atoms with Crippen molar-refractivity contribution in [2.75, 3.05) is 17.7 Å². The second kappa shape index (κ2) is 11.4. The summed E-state index contributed by atoms with van der Waals surface area (Å²) in [5.41, 5.74) is 1.59. The van der Waals surface area contributed by atoms with Gasteiger partial charge in [-0.25, -0.2) is 4.98 Å². The van der Waals surface area contributed by atoms with E-state index in [0.717, 1.165) is 11.4 Å². The molecule has 3 heterocycles. The minimum Gasteiger partial charge on any atom is -0.466 e. The fourth-order valence-corrected chi connectivity index (χ4v) is 5.14. The highest BCUT2D eigenvalue weighted by Gasteiger charge is 2.17. The summed E-state index contributed by atoms with van der Waals surface area (Å²) < 4.78 is 6.87. The monoisotopic (exact) mass is 491 g/mol. The number of thiophene rings is 1. The fraction of sp³-hybridized carbons (Fsp3) is 0.381. The molecule has 0 fully saturated rings. The lowest BCUT2D eigenvalue weighted by atomic mass is 10.1. The molecular weight excluding hydrogens is 466 g/mol. The maximum Gasteiger partial charge on any atom is 0.311 e. The number of nitrogens with one attached hydrogen (secondary N) is 1. The Hall–Kier alpha value is -2.50. The normalized spacial score (nSPS) is 11.0. The van der Waals surface area contributed by atoms with E-state index in [2.05, 4.69) is 52.4 Å². The van der Waals surface area contributed by atoms with Crippen LogP contribution < -0.4 is 5.32 Å². The van der Waals surface area contributed by atoms with Gasteiger partial charge in [0.25, 0.3) is 0 Å². The second-order valence-electron chi connectivity index (χ2n) is 7.06. The third-order valence-electron chi connectivity index (χ3n) is 4.24. The van der Waals surface area contributed by atoms with E-state index in [1.54, 1.807) is 29.7 Å². The van der Waals surface area contributed by atoms with Crippen LogP contribution in [0, 0.1) is 0 Å². The molecule has 3 aromatic heterocycles. The van der Waals surface area contributed by atoms with Gasteiger partial charge in [0.15, 0.2) is 16.1 Å². The summed E-state index contributed by atoms with van der Waals surface area (Å²) >= 11 is 4.28. The Labute approximate surface area is 199 Å². The summed E-state index contributed by atoms with van der Waals surface area (Å²) in [5.74, 6) is 0.822. The standard InChI is InChI=1S/C21H25N5O3S3/c1-5-7-26-19(14-8-16(13(3)4)30-10-14)24-25-21(26)32-12-17(27)23-20-22-15(11-31-20)9-18(28)29-6-2/h5,8,10-11,13H,1,6-7,9,12H2,2-4H3,(H,22,23,27). The fourth-order valence-electron chi connectivity index (χ4n) is 2.77. The van der Waals surface area contributed by atoms with Gasteiger partial charge in [0.1, 0.15) is 0 Å². The topological polar surface area (TPSA) is 99.0 Å². The number of rotatable bonds is 11. The molecule has 0 atom stereocenters. The van der Waals surface area contributed by atoms with Crippen molar-refractivity contribution in [2.24, 2.45) is 0 Å². The molecule has 0 saturated carbocycles. The van der Waals surface area contributed by atoms with Gasteiger partial charge in [-0.05, 0) is 18.9 Å². The first-order valence-electron chi connectivity index (χ1n) is 10.1. The van der Waals surface area contributed by atoms with Crippen LogP contribution in [0.4, 0.5) is 5.13 Å². The van der Waals surface area contributed by atoms with Crippen molar-refractivity contribution in [1.82, 2.24) is 19.7 Å². The number of hydrogen-bond acceptors (Lipinski definition) is 9. The van der Waals surface area contributed by atoms with Gasteiger partial charge < -0.3 is 10.1 Å². The number of esters is 1. The predicted molar refractivity (Wildman–Crippen MR) is 129 cm³/mol. The summed E-state index contributed by atoms with van der Waals surface area (Å²) in [6, 6.07) is 2.14. The Morgan fingerprint density at radius 1 is 1.31 bits per heavy atom. The number of amides is 1. The van der Waals surface area contributed by atoms with Gasteiger partial charge in [0, 0.05) is 27.7 Å². The summed E-state index contributed by atoms with van der Waals surface area (Å²) in [4.78, 5) is 29.5. The van der Waals surface area contributed by atoms with E-state index in [0.29, 0.717) is 35.1 Å². The van der Waals surface area contributed by atoms with Gasteiger partial charge in [-0.1, -0.05) is 31.7 Å². The van der Waals surface area contributed by atoms with Crippen molar-refractivity contribution in [3.05, 3.63) is 40.1 Å². The first-order valence-corrected chi connectivity index (χ1v) is 12.8. The number of nitrogens with zero attached hydrogens (tertiary/aromatic N) is 4. The quantitative estimate of drug-likeness (QED) is 0.238. The molecule has 3 rings (SSSR count). The zero-order chi connectivity index (χ0) is 23.1. The van der Waals surface area contributed by atoms with E-state index >= 15 is 0 Å². The smallest absolute Gasteiger partial charge is 0.311 e. The first kappa shape index (κ1) is 24.1. The van der Waals surface area contributed by atoms with Gasteiger partial charge in [0.2, 0.25) is 5.91 Å². The number of thiazole rings is 1. The number of hydrogen-bond donors (Lipinski definition) is 1. The number of allylic oxidation sites excluding steroid dienone is 1. The molecule has 3 aromatic rings. The lowest BCUT2D eigenvalue weighted by Gasteiger charge is -2.07. The Kier molecular flexibility index (Phi) is 8.60. The third-order valence-corrected chi connectivity index (χ3v) is 7.24. The summed E-state index contributed by atoms with van der Waals surface area (Å²) in [5, 5.41) is 16.3. The van der Waals surface area contributed by atoms with Crippen molar-refractivity contribution in [1.29, 1.82) is 0 Å². The first-order chi connectivity index (χ1) is 15.4. The van der Waals surface area contributed by atoms with Crippen LogP contribution >= 0.6 is 34.4 Å². The van der Waals surface area contributed by atoms with Gasteiger partial charge in [-0.3, -0.25) is 14.2 Å². The molecule has 0 spiro atoms. The van der Waals surface area contributed by atoms with Crippen LogP contribution in [0.1, 0.15) is 37.3 Å². The highest BCUT2D eigenvalue weighted by molar-refractivity contribution is 7.99. The molecule has 1 N–H and O–H groups in total. The lowest BCUT2D eigenvalue weighted by Crippen LogP contribution is -2.15. The van der Waals surface area contributed by atoms with E-state index in [1.807, 2.05) is 4.57 Å². The minimum atomic E-state index is -0.338. The lowest BCUT2D eigenvalue weighted by molar-refractivity contribution is -0.142. The Morgan fingerprint density at radius 3 is 2.81 bits per heavy atom. The van der Waals surface area contributed by atoms with Crippen molar-refractivity contribution in [2.45, 2.75) is 44.8 Å². The van der Waals surface area contributed by atoms with Gasteiger partial charge in [0.05, 0.1) is 24.5 Å². The highest BCUT2D eigenvalue weighted by Crippen LogP contribution is 2.31. The van der Waals surface area contributed by atoms with E-state index in [9.17, 15) is 9.59 Å². The Balaban J connectivity index is 1.62. The molecule has 0 aliphatic heterocycles. The molecular formula is C21H25N5O3S3. The molecule has 170 valence electrons. The molecule has 0 unspecified atom stereocenters. The number of carbonyl (C=O) groups is 2. The number of ether oxygens (including phenoxy) is 1. The van der Waals surface area contributed by atoms with Crippen molar-refractivity contribution >= 4 is 51.4 Å². The van der Waals surface area contributed by atoms with E-state index in [4.69, 9.17) is 4.74 Å². The molecule has 11 heteroatoms. The molecule has 0 saturated heterocycles. The predicted octanol–water partition coefficient (Wildman–Crippen LogP) is 4.61. The second-order valence-corrected chi connectivity index (χ2v) is 9.80. The van der Waals surface area contributed by atoms with Crippen LogP contribution in [0.2, 0.25) is 0 Å². The molecule has 0 aromatic carbocycles. The third kappa shape index (κ3) is 6.27. The average molecular weight is 492 g/mol. The largest absolute Gasteiger partial charge is 0.466 e. The molecule has 0 aliphatic rings. The maximum absolute atomic E-state index is 12.4. The van der Waals surface area contributed by atoms with E-state index in [-0.39, 0.29) is 24.1 Å². The van der Waals surface area contributed by atoms with Crippen LogP contribution in [-0.2, 0) is 27.3 Å². The molecule has 0 aliphatic carbocycles. The minimum absolute atomic E-state index is 0.0868. The molecule has 32 heavy (non-hydrogen) atoms. The number of anilines is 1. The van der Waals surface area contributed by atoms with Crippen LogP contribution in [0.15, 0.2) is 34.6 Å². The van der Waals surface area contributed by atoms with Crippen LogP contribution in [0.25, 0.3) is 11.4 Å². The molecule has 0 bridgehead atoms. The summed E-state index contributed by atoms with van der Waals surface area (Å²) in [6.45, 7) is 10.8.